The number of nitrogens with zero attached hydrogens (tertiary/aromatic N) is 1. The van der Waals surface area contributed by atoms with Crippen LogP contribution < -0.4 is 0 Å². The fourth-order valence-corrected chi connectivity index (χ4v) is 0.683. The van der Waals surface area contributed by atoms with Crippen molar-refractivity contribution in [3.63, 3.8) is 0 Å². The zero-order valence-corrected chi connectivity index (χ0v) is 6.40. The maximum absolute atomic E-state index is 10.7. The molecule has 0 bridgehead atoms. The summed E-state index contributed by atoms with van der Waals surface area (Å²) in [7, 11) is 0. The van der Waals surface area contributed by atoms with E-state index >= 15 is 0 Å². The van der Waals surface area contributed by atoms with Crippen molar-refractivity contribution in [3.05, 3.63) is 17.8 Å². The smallest absolute Gasteiger partial charge is 0.312 e. The van der Waals surface area contributed by atoms with Crippen molar-refractivity contribution >= 4 is 11.8 Å². The SMILES string of the molecule is CC(=O)c1coc(CC(=O)O)n1. The standard InChI is InChI=1S/C7H7NO4/c1-4(9)5-3-12-6(8-5)2-7(10)11/h3H,2H2,1H3,(H,10,11). The summed E-state index contributed by atoms with van der Waals surface area (Å²) in [4.78, 5) is 24.5. The first kappa shape index (κ1) is 8.45. The minimum Gasteiger partial charge on any atom is -0.481 e. The number of aliphatic carboxylic acids is 1. The van der Waals surface area contributed by atoms with E-state index in [1.54, 1.807) is 0 Å². The highest BCUT2D eigenvalue weighted by atomic mass is 16.4. The molecule has 5 nitrogen and oxygen atoms in total. The topological polar surface area (TPSA) is 80.4 Å². The van der Waals surface area contributed by atoms with Gasteiger partial charge in [-0.05, 0) is 0 Å². The van der Waals surface area contributed by atoms with Crippen molar-refractivity contribution in [3.8, 4) is 0 Å². The summed E-state index contributed by atoms with van der Waals surface area (Å²) in [5.74, 6) is -1.23. The van der Waals surface area contributed by atoms with Crippen LogP contribution in [0.25, 0.3) is 0 Å². The summed E-state index contributed by atoms with van der Waals surface area (Å²) < 4.78 is 4.72. The van der Waals surface area contributed by atoms with Crippen LogP contribution in [0.4, 0.5) is 0 Å². The molecule has 1 rings (SSSR count). The molecule has 0 unspecified atom stereocenters. The van der Waals surface area contributed by atoms with Gasteiger partial charge in [-0.25, -0.2) is 4.98 Å². The minimum absolute atomic E-state index is 0.0488. The van der Waals surface area contributed by atoms with Gasteiger partial charge in [-0.1, -0.05) is 0 Å². The van der Waals surface area contributed by atoms with E-state index in [0.29, 0.717) is 0 Å². The first-order valence-corrected chi connectivity index (χ1v) is 3.26. The lowest BCUT2D eigenvalue weighted by molar-refractivity contribution is -0.136. The second-order valence-corrected chi connectivity index (χ2v) is 2.25. The maximum atomic E-state index is 10.7. The number of carboxylic acids is 1. The van der Waals surface area contributed by atoms with Crippen LogP contribution in [0.1, 0.15) is 23.3 Å². The lowest BCUT2D eigenvalue weighted by Crippen LogP contribution is -2.01. The minimum atomic E-state index is -1.04. The molecule has 0 atom stereocenters. The van der Waals surface area contributed by atoms with Crippen molar-refractivity contribution in [1.82, 2.24) is 4.98 Å². The van der Waals surface area contributed by atoms with E-state index in [1.165, 1.54) is 6.92 Å². The number of aromatic nitrogens is 1. The predicted octanol–water partition coefficient (Wildman–Crippen LogP) is 0.504. The van der Waals surface area contributed by atoms with E-state index in [-0.39, 0.29) is 23.8 Å². The number of hydrogen-bond donors (Lipinski definition) is 1. The van der Waals surface area contributed by atoms with Crippen molar-refractivity contribution in [1.29, 1.82) is 0 Å². The largest absolute Gasteiger partial charge is 0.481 e. The quantitative estimate of drug-likeness (QED) is 0.666. The molecular formula is C7H7NO4. The number of carboxylic acid groups (broad SMARTS) is 1. The second kappa shape index (κ2) is 3.17. The van der Waals surface area contributed by atoms with Gasteiger partial charge in [0.15, 0.2) is 5.78 Å². The summed E-state index contributed by atoms with van der Waals surface area (Å²) in [6, 6.07) is 0. The Hall–Kier alpha value is -1.65. The molecule has 12 heavy (non-hydrogen) atoms. The summed E-state index contributed by atoms with van der Waals surface area (Å²) in [5.41, 5.74) is 0.159. The average Bonchev–Trinajstić information content (AvgIpc) is 2.34. The zero-order valence-electron chi connectivity index (χ0n) is 6.40. The Morgan fingerprint density at radius 3 is 2.75 bits per heavy atom. The maximum Gasteiger partial charge on any atom is 0.312 e. The fraction of sp³-hybridized carbons (Fsp3) is 0.286. The van der Waals surface area contributed by atoms with Crippen molar-refractivity contribution in [2.75, 3.05) is 0 Å². The van der Waals surface area contributed by atoms with Gasteiger partial charge in [-0.3, -0.25) is 9.59 Å². The molecule has 0 fully saturated rings. The van der Waals surface area contributed by atoms with Gasteiger partial charge in [-0.15, -0.1) is 0 Å². The van der Waals surface area contributed by atoms with Crippen LogP contribution in [-0.4, -0.2) is 21.8 Å². The van der Waals surface area contributed by atoms with Crippen LogP contribution in [0.5, 0.6) is 0 Å². The van der Waals surface area contributed by atoms with Crippen LogP contribution in [-0.2, 0) is 11.2 Å². The number of carbonyl (C=O) groups is 2. The Bertz CT molecular complexity index is 315. The number of carbonyl (C=O) groups excluding carboxylic acids is 1. The first-order valence-electron chi connectivity index (χ1n) is 3.26. The van der Waals surface area contributed by atoms with E-state index in [1.807, 2.05) is 0 Å². The van der Waals surface area contributed by atoms with E-state index in [9.17, 15) is 9.59 Å². The van der Waals surface area contributed by atoms with Gasteiger partial charge in [-0.2, -0.15) is 0 Å². The Labute approximate surface area is 68.0 Å². The molecule has 5 heteroatoms. The molecule has 64 valence electrons. The monoisotopic (exact) mass is 169 g/mol. The van der Waals surface area contributed by atoms with Gasteiger partial charge in [0, 0.05) is 6.92 Å². The van der Waals surface area contributed by atoms with Gasteiger partial charge in [0.1, 0.15) is 18.4 Å². The lowest BCUT2D eigenvalue weighted by atomic mass is 10.3. The number of rotatable bonds is 3. The second-order valence-electron chi connectivity index (χ2n) is 2.25. The molecule has 0 saturated carbocycles. The number of hydrogen-bond acceptors (Lipinski definition) is 4. The lowest BCUT2D eigenvalue weighted by Gasteiger charge is -1.84. The van der Waals surface area contributed by atoms with Crippen molar-refractivity contribution < 1.29 is 19.1 Å². The summed E-state index contributed by atoms with van der Waals surface area (Å²) in [6.45, 7) is 1.34. The molecule has 0 spiro atoms. The van der Waals surface area contributed by atoms with Crippen LogP contribution >= 0.6 is 0 Å². The molecule has 0 amide bonds. The number of oxazole rings is 1. The van der Waals surface area contributed by atoms with Gasteiger partial charge in [0.2, 0.25) is 5.89 Å². The highest BCUT2D eigenvalue weighted by Crippen LogP contribution is 2.03. The molecular weight excluding hydrogens is 162 g/mol. The third-order valence-corrected chi connectivity index (χ3v) is 1.21. The molecule has 0 radical (unpaired) electrons. The normalized spacial score (nSPS) is 9.75. The van der Waals surface area contributed by atoms with E-state index in [4.69, 9.17) is 9.52 Å². The number of Topliss-reactive ketones (excluding diaryl/α,β-unsaturated/α-hetero) is 1. The molecule has 1 N–H and O–H groups in total. The van der Waals surface area contributed by atoms with E-state index in [0.717, 1.165) is 6.26 Å². The average molecular weight is 169 g/mol. The third-order valence-electron chi connectivity index (χ3n) is 1.21. The number of ketones is 1. The Morgan fingerprint density at radius 2 is 2.33 bits per heavy atom. The Morgan fingerprint density at radius 1 is 1.67 bits per heavy atom. The van der Waals surface area contributed by atoms with Gasteiger partial charge < -0.3 is 9.52 Å². The van der Waals surface area contributed by atoms with E-state index < -0.39 is 5.97 Å². The molecule has 1 heterocycles. The van der Waals surface area contributed by atoms with Crippen LogP contribution in [0.2, 0.25) is 0 Å². The molecule has 0 aliphatic rings. The van der Waals surface area contributed by atoms with Gasteiger partial charge in [0.25, 0.3) is 0 Å². The van der Waals surface area contributed by atoms with Crippen LogP contribution in [0.3, 0.4) is 0 Å². The Kier molecular flexibility index (Phi) is 2.23. The predicted molar refractivity (Wildman–Crippen MR) is 37.8 cm³/mol. The molecule has 1 aromatic rings. The molecule has 0 saturated heterocycles. The third kappa shape index (κ3) is 1.91. The zero-order chi connectivity index (χ0) is 9.14. The summed E-state index contributed by atoms with van der Waals surface area (Å²) >= 11 is 0. The molecule has 0 aliphatic heterocycles. The molecule has 0 aliphatic carbocycles. The highest BCUT2D eigenvalue weighted by Gasteiger charge is 2.10. The summed E-state index contributed by atoms with van der Waals surface area (Å²) in [5, 5.41) is 8.33. The molecule has 1 aromatic heterocycles. The van der Waals surface area contributed by atoms with Crippen molar-refractivity contribution in [2.45, 2.75) is 13.3 Å². The van der Waals surface area contributed by atoms with Gasteiger partial charge in [0.05, 0.1) is 0 Å². The van der Waals surface area contributed by atoms with Crippen molar-refractivity contribution in [2.24, 2.45) is 0 Å². The Balaban J connectivity index is 2.77. The highest BCUT2D eigenvalue weighted by molar-refractivity contribution is 5.91. The fourth-order valence-electron chi connectivity index (χ4n) is 0.683. The van der Waals surface area contributed by atoms with Crippen LogP contribution in [0, 0.1) is 0 Å². The van der Waals surface area contributed by atoms with Crippen LogP contribution in [0.15, 0.2) is 10.7 Å². The summed E-state index contributed by atoms with van der Waals surface area (Å²) in [6.07, 6.45) is 0.855. The van der Waals surface area contributed by atoms with E-state index in [2.05, 4.69) is 4.98 Å². The first-order chi connectivity index (χ1) is 5.59. The molecule has 0 aromatic carbocycles. The van der Waals surface area contributed by atoms with Gasteiger partial charge >= 0.3 is 5.97 Å².